The summed E-state index contributed by atoms with van der Waals surface area (Å²) >= 11 is 11.5. The zero-order chi connectivity index (χ0) is 34.4. The van der Waals surface area contributed by atoms with Crippen molar-refractivity contribution in [2.45, 2.75) is 70.6 Å². The molecule has 0 radical (unpaired) electrons. The van der Waals surface area contributed by atoms with Crippen molar-refractivity contribution in [3.8, 4) is 0 Å². The molecule has 1 aliphatic rings. The van der Waals surface area contributed by atoms with Gasteiger partial charge < -0.3 is 26.2 Å². The lowest BCUT2D eigenvalue weighted by atomic mass is 10.1. The second-order valence-electron chi connectivity index (χ2n) is 12.6. The standard InChI is InChI=1S/C38H46Cl2N6O3/c39-20-5-1-3-9-35(47)42-29-15-17-31-33(25-29)45-34-26-30(43-36(48)10-4-2-6-21-40)16-18-32(34)38(31)44-28-13-11-27(12-14-28)41-37(49)19-24-46-22-7-8-23-46/h11-18,25-26H,1-10,19-24H2,(H,41,49)(H,42,47)(H,43,48)(H,44,45). The maximum Gasteiger partial charge on any atom is 0.225 e. The van der Waals surface area contributed by atoms with Gasteiger partial charge in [-0.3, -0.25) is 14.4 Å². The summed E-state index contributed by atoms with van der Waals surface area (Å²) in [6.45, 7) is 2.93. The summed E-state index contributed by atoms with van der Waals surface area (Å²) in [5, 5.41) is 14.4. The normalized spacial score (nSPS) is 13.1. The van der Waals surface area contributed by atoms with Crippen molar-refractivity contribution >= 4 is 91.2 Å². The van der Waals surface area contributed by atoms with E-state index in [1.54, 1.807) is 0 Å². The highest BCUT2D eigenvalue weighted by molar-refractivity contribution is 6.18. The maximum atomic E-state index is 12.6. The van der Waals surface area contributed by atoms with Crippen molar-refractivity contribution in [1.29, 1.82) is 0 Å². The third-order valence-electron chi connectivity index (χ3n) is 8.71. The molecule has 0 atom stereocenters. The number of amides is 3. The first-order valence-corrected chi connectivity index (χ1v) is 18.5. The van der Waals surface area contributed by atoms with Crippen LogP contribution in [0.25, 0.3) is 21.8 Å². The first-order valence-electron chi connectivity index (χ1n) is 17.4. The van der Waals surface area contributed by atoms with Crippen molar-refractivity contribution in [1.82, 2.24) is 9.88 Å². The number of unbranched alkanes of at least 4 members (excludes halogenated alkanes) is 4. The number of carbonyl (C=O) groups excluding carboxylic acids is 3. The summed E-state index contributed by atoms with van der Waals surface area (Å²) in [5.41, 5.74) is 5.15. The molecule has 0 spiro atoms. The van der Waals surface area contributed by atoms with Gasteiger partial charge in [0.25, 0.3) is 0 Å². The fraction of sp³-hybridized carbons (Fsp3) is 0.421. The number of hydrogen-bond acceptors (Lipinski definition) is 6. The molecule has 5 rings (SSSR count). The summed E-state index contributed by atoms with van der Waals surface area (Å²) < 4.78 is 0. The van der Waals surface area contributed by atoms with Crippen LogP contribution in [0.1, 0.15) is 70.6 Å². The van der Waals surface area contributed by atoms with E-state index in [0.29, 0.717) is 53.4 Å². The molecular weight excluding hydrogens is 659 g/mol. The van der Waals surface area contributed by atoms with E-state index in [9.17, 15) is 14.4 Å². The molecule has 1 aliphatic heterocycles. The Hall–Kier alpha value is -3.92. The number of alkyl halides is 2. The Labute approximate surface area is 298 Å². The van der Waals surface area contributed by atoms with Gasteiger partial charge in [-0.25, -0.2) is 4.98 Å². The summed E-state index contributed by atoms with van der Waals surface area (Å²) in [6, 6.07) is 19.1. The number of rotatable bonds is 18. The van der Waals surface area contributed by atoms with E-state index in [1.807, 2.05) is 60.7 Å². The SMILES string of the molecule is O=C(CCCCCCl)Nc1ccc2c(Nc3ccc(NC(=O)CCN4CCCC4)cc3)c3ccc(NC(=O)CCCCCCl)cc3nc2c1. The average molecular weight is 706 g/mol. The molecule has 0 saturated carbocycles. The van der Waals surface area contributed by atoms with Crippen molar-refractivity contribution in [3.63, 3.8) is 0 Å². The predicted octanol–water partition coefficient (Wildman–Crippen LogP) is 9.03. The zero-order valence-corrected chi connectivity index (χ0v) is 29.5. The number of carbonyl (C=O) groups is 3. The summed E-state index contributed by atoms with van der Waals surface area (Å²) in [6.07, 6.45) is 8.92. The Morgan fingerprint density at radius 1 is 0.592 bits per heavy atom. The molecule has 3 amide bonds. The van der Waals surface area contributed by atoms with Gasteiger partial charge >= 0.3 is 0 Å². The highest BCUT2D eigenvalue weighted by Crippen LogP contribution is 2.36. The zero-order valence-electron chi connectivity index (χ0n) is 28.0. The van der Waals surface area contributed by atoms with E-state index in [0.717, 1.165) is 86.0 Å². The molecule has 4 N–H and O–H groups in total. The van der Waals surface area contributed by atoms with Gasteiger partial charge in [-0.1, -0.05) is 12.8 Å². The smallest absolute Gasteiger partial charge is 0.225 e. The third kappa shape index (κ3) is 11.0. The predicted molar refractivity (Wildman–Crippen MR) is 204 cm³/mol. The van der Waals surface area contributed by atoms with Crippen LogP contribution in [0.3, 0.4) is 0 Å². The molecular formula is C38H46Cl2N6O3. The van der Waals surface area contributed by atoms with Crippen LogP contribution in [-0.4, -0.2) is 59.0 Å². The number of nitrogens with one attached hydrogen (secondary N) is 4. The number of nitrogens with zero attached hydrogens (tertiary/aromatic N) is 2. The second-order valence-corrected chi connectivity index (χ2v) is 13.4. The summed E-state index contributed by atoms with van der Waals surface area (Å²) in [4.78, 5) is 45.1. The van der Waals surface area contributed by atoms with Crippen molar-refractivity contribution < 1.29 is 14.4 Å². The molecule has 0 aliphatic carbocycles. The minimum atomic E-state index is -0.0488. The number of halogens is 2. The van der Waals surface area contributed by atoms with Crippen molar-refractivity contribution in [3.05, 3.63) is 60.7 Å². The quantitative estimate of drug-likeness (QED) is 0.0467. The van der Waals surface area contributed by atoms with Crippen LogP contribution in [-0.2, 0) is 14.4 Å². The first-order chi connectivity index (χ1) is 23.9. The number of anilines is 5. The van der Waals surface area contributed by atoms with Crippen LogP contribution < -0.4 is 21.3 Å². The third-order valence-corrected chi connectivity index (χ3v) is 9.24. The Kier molecular flexibility index (Phi) is 13.9. The molecule has 11 heteroatoms. The lowest BCUT2D eigenvalue weighted by molar-refractivity contribution is -0.117. The molecule has 260 valence electrons. The molecule has 1 aromatic heterocycles. The van der Waals surface area contributed by atoms with E-state index in [2.05, 4.69) is 26.2 Å². The largest absolute Gasteiger partial charge is 0.354 e. The first kappa shape index (κ1) is 36.4. The molecule has 1 fully saturated rings. The fourth-order valence-electron chi connectivity index (χ4n) is 6.07. The number of aromatic nitrogens is 1. The van der Waals surface area contributed by atoms with Crippen molar-refractivity contribution in [2.24, 2.45) is 0 Å². The Morgan fingerprint density at radius 3 is 1.59 bits per heavy atom. The van der Waals surface area contributed by atoms with Crippen LogP contribution in [0.2, 0.25) is 0 Å². The van der Waals surface area contributed by atoms with Crippen LogP contribution in [0.4, 0.5) is 28.4 Å². The number of pyridine rings is 1. The van der Waals surface area contributed by atoms with Gasteiger partial charge in [0.15, 0.2) is 0 Å². The fourth-order valence-corrected chi connectivity index (χ4v) is 6.45. The number of likely N-dealkylation sites (tertiary alicyclic amines) is 1. The molecule has 1 saturated heterocycles. The Bertz CT molecular complexity index is 1640. The molecule has 2 heterocycles. The number of benzene rings is 3. The second kappa shape index (κ2) is 18.7. The summed E-state index contributed by atoms with van der Waals surface area (Å²) in [7, 11) is 0. The van der Waals surface area contributed by atoms with Gasteiger partial charge in [0, 0.05) is 71.1 Å². The van der Waals surface area contributed by atoms with Gasteiger partial charge in [0.1, 0.15) is 0 Å². The molecule has 0 unspecified atom stereocenters. The minimum absolute atomic E-state index is 0.00930. The van der Waals surface area contributed by atoms with Crippen LogP contribution in [0.15, 0.2) is 60.7 Å². The van der Waals surface area contributed by atoms with E-state index in [-0.39, 0.29) is 17.7 Å². The van der Waals surface area contributed by atoms with Gasteiger partial charge in [-0.15, -0.1) is 23.2 Å². The number of fused-ring (bicyclic) bond motifs is 2. The molecule has 0 bridgehead atoms. The van der Waals surface area contributed by atoms with E-state index < -0.39 is 0 Å². The van der Waals surface area contributed by atoms with E-state index in [4.69, 9.17) is 28.2 Å². The van der Waals surface area contributed by atoms with E-state index in [1.165, 1.54) is 12.8 Å². The Morgan fingerprint density at radius 2 is 1.06 bits per heavy atom. The number of hydrogen-bond donors (Lipinski definition) is 4. The van der Waals surface area contributed by atoms with Crippen LogP contribution >= 0.6 is 23.2 Å². The highest BCUT2D eigenvalue weighted by Gasteiger charge is 2.15. The van der Waals surface area contributed by atoms with Crippen LogP contribution in [0.5, 0.6) is 0 Å². The molecule has 9 nitrogen and oxygen atoms in total. The highest BCUT2D eigenvalue weighted by atomic mass is 35.5. The molecule has 49 heavy (non-hydrogen) atoms. The minimum Gasteiger partial charge on any atom is -0.354 e. The molecule has 4 aromatic rings. The Balaban J connectivity index is 1.36. The van der Waals surface area contributed by atoms with E-state index >= 15 is 0 Å². The lowest BCUT2D eigenvalue weighted by Crippen LogP contribution is -2.25. The summed E-state index contributed by atoms with van der Waals surface area (Å²) in [5.74, 6) is 1.11. The van der Waals surface area contributed by atoms with Gasteiger partial charge in [0.05, 0.1) is 16.7 Å². The van der Waals surface area contributed by atoms with Gasteiger partial charge in [0.2, 0.25) is 17.7 Å². The monoisotopic (exact) mass is 704 g/mol. The lowest BCUT2D eigenvalue weighted by Gasteiger charge is -2.16. The van der Waals surface area contributed by atoms with Gasteiger partial charge in [-0.2, -0.15) is 0 Å². The molecule has 3 aromatic carbocycles. The average Bonchev–Trinajstić information content (AvgIpc) is 3.62. The van der Waals surface area contributed by atoms with Crippen LogP contribution in [0, 0.1) is 0 Å². The topological polar surface area (TPSA) is 115 Å². The van der Waals surface area contributed by atoms with Gasteiger partial charge in [-0.05, 0) is 112 Å². The maximum absolute atomic E-state index is 12.6. The van der Waals surface area contributed by atoms with Crippen molar-refractivity contribution in [2.75, 3.05) is 52.7 Å².